The van der Waals surface area contributed by atoms with Crippen LogP contribution in [0.4, 0.5) is 0 Å². The van der Waals surface area contributed by atoms with Crippen LogP contribution in [0.25, 0.3) is 11.0 Å². The highest BCUT2D eigenvalue weighted by Gasteiger charge is 2.10. The highest BCUT2D eigenvalue weighted by molar-refractivity contribution is 6.43. The number of aromatic amines is 2. The minimum atomic E-state index is -0.847. The number of rotatable bonds is 1. The van der Waals surface area contributed by atoms with Gasteiger partial charge in [0.05, 0.1) is 6.20 Å². The van der Waals surface area contributed by atoms with E-state index in [1.807, 2.05) is 0 Å². The van der Waals surface area contributed by atoms with E-state index in [-0.39, 0.29) is 11.4 Å². The van der Waals surface area contributed by atoms with Crippen LogP contribution in [-0.4, -0.2) is 20.2 Å². The number of hydrogen-bond acceptors (Lipinski definition) is 3. The Morgan fingerprint density at radius 2 is 2.23 bits per heavy atom. The number of H-pyrrole nitrogens is 2. The first-order valence-electron chi connectivity index (χ1n) is 3.40. The van der Waals surface area contributed by atoms with Crippen LogP contribution in [0.15, 0.2) is 11.0 Å². The fourth-order valence-corrected chi connectivity index (χ4v) is 1.17. The van der Waals surface area contributed by atoms with Crippen molar-refractivity contribution in [2.75, 3.05) is 0 Å². The Morgan fingerprint density at radius 1 is 1.46 bits per heavy atom. The largest absolute Gasteiger partial charge is 0.308 e. The number of fused-ring (bicyclic) bond motifs is 1. The van der Waals surface area contributed by atoms with Crippen LogP contribution in [-0.2, 0) is 0 Å². The van der Waals surface area contributed by atoms with Crippen molar-refractivity contribution in [2.24, 2.45) is 0 Å². The normalized spacial score (nSPS) is 11.3. The molecule has 2 heterocycles. The van der Waals surface area contributed by atoms with Gasteiger partial charge in [-0.15, -0.1) is 0 Å². The van der Waals surface area contributed by atoms with E-state index in [4.69, 9.17) is 23.2 Å². The van der Waals surface area contributed by atoms with Gasteiger partial charge in [0, 0.05) is 0 Å². The van der Waals surface area contributed by atoms with Crippen LogP contribution >= 0.6 is 23.2 Å². The van der Waals surface area contributed by atoms with E-state index in [0.29, 0.717) is 11.0 Å². The Hall–Kier alpha value is -1.07. The third kappa shape index (κ3) is 1.40. The molecule has 5 nitrogen and oxygen atoms in total. The summed E-state index contributed by atoms with van der Waals surface area (Å²) in [7, 11) is 0. The molecular formula is C6H4Cl2N4O. The summed E-state index contributed by atoms with van der Waals surface area (Å²) >= 11 is 11.1. The number of hydrogen-bond donors (Lipinski definition) is 2. The number of nitrogens with one attached hydrogen (secondary N) is 2. The molecule has 0 aliphatic rings. The number of nitrogens with zero attached hydrogens (tertiary/aromatic N) is 2. The first-order chi connectivity index (χ1) is 6.18. The molecule has 2 aromatic heterocycles. The van der Waals surface area contributed by atoms with Crippen molar-refractivity contribution < 1.29 is 0 Å². The lowest BCUT2D eigenvalue weighted by Gasteiger charge is -1.98. The highest BCUT2D eigenvalue weighted by Crippen LogP contribution is 2.20. The van der Waals surface area contributed by atoms with E-state index < -0.39 is 4.84 Å². The van der Waals surface area contributed by atoms with Crippen molar-refractivity contribution in [3.63, 3.8) is 0 Å². The van der Waals surface area contributed by atoms with Gasteiger partial charge in [-0.3, -0.25) is 9.89 Å². The molecule has 0 unspecified atom stereocenters. The maximum absolute atomic E-state index is 11.3. The quantitative estimate of drug-likeness (QED) is 0.705. The van der Waals surface area contributed by atoms with E-state index in [1.54, 1.807) is 0 Å². The summed E-state index contributed by atoms with van der Waals surface area (Å²) in [6, 6.07) is 0. The van der Waals surface area contributed by atoms with E-state index in [2.05, 4.69) is 20.2 Å². The summed E-state index contributed by atoms with van der Waals surface area (Å²) in [6.45, 7) is 0. The average Bonchev–Trinajstić information content (AvgIpc) is 2.51. The molecule has 0 aliphatic carbocycles. The van der Waals surface area contributed by atoms with Crippen molar-refractivity contribution >= 4 is 34.2 Å². The average molecular weight is 219 g/mol. The van der Waals surface area contributed by atoms with Crippen LogP contribution in [0.2, 0.25) is 0 Å². The summed E-state index contributed by atoms with van der Waals surface area (Å²) in [5, 5.41) is 6.61. The van der Waals surface area contributed by atoms with Gasteiger partial charge in [-0.05, 0) is 0 Å². The smallest absolute Gasteiger partial charge is 0.262 e. The van der Waals surface area contributed by atoms with Gasteiger partial charge in [0.2, 0.25) is 0 Å². The molecule has 0 aliphatic heterocycles. The number of alkyl halides is 2. The second-order valence-corrected chi connectivity index (χ2v) is 3.48. The summed E-state index contributed by atoms with van der Waals surface area (Å²) in [5.74, 6) is 0.213. The third-order valence-electron chi connectivity index (χ3n) is 1.54. The highest BCUT2D eigenvalue weighted by atomic mass is 35.5. The zero-order valence-electron chi connectivity index (χ0n) is 6.21. The first kappa shape index (κ1) is 8.52. The van der Waals surface area contributed by atoms with Crippen LogP contribution in [0.3, 0.4) is 0 Å². The van der Waals surface area contributed by atoms with E-state index in [0.717, 1.165) is 0 Å². The van der Waals surface area contributed by atoms with Gasteiger partial charge in [0.25, 0.3) is 5.56 Å². The molecule has 68 valence electrons. The predicted molar refractivity (Wildman–Crippen MR) is 49.0 cm³/mol. The molecule has 0 atom stereocenters. The zero-order chi connectivity index (χ0) is 9.42. The van der Waals surface area contributed by atoms with E-state index >= 15 is 0 Å². The maximum atomic E-state index is 11.3. The summed E-state index contributed by atoms with van der Waals surface area (Å²) in [6.07, 6.45) is 1.39. The molecule has 0 bridgehead atoms. The van der Waals surface area contributed by atoms with E-state index in [9.17, 15) is 4.79 Å². The van der Waals surface area contributed by atoms with Gasteiger partial charge in [0.15, 0.2) is 10.5 Å². The second kappa shape index (κ2) is 3.01. The van der Waals surface area contributed by atoms with Crippen LogP contribution in [0, 0.1) is 0 Å². The molecule has 0 amide bonds. The van der Waals surface area contributed by atoms with Gasteiger partial charge in [0.1, 0.15) is 11.2 Å². The second-order valence-electron chi connectivity index (χ2n) is 2.38. The Bertz CT molecular complexity index is 489. The Kier molecular flexibility index (Phi) is 1.97. The summed E-state index contributed by atoms with van der Waals surface area (Å²) < 4.78 is 0. The van der Waals surface area contributed by atoms with Crippen molar-refractivity contribution in [1.29, 1.82) is 0 Å². The molecule has 0 fully saturated rings. The molecule has 7 heteroatoms. The maximum Gasteiger partial charge on any atom is 0.262 e. The van der Waals surface area contributed by atoms with Gasteiger partial charge < -0.3 is 4.98 Å². The van der Waals surface area contributed by atoms with Gasteiger partial charge in [-0.1, -0.05) is 23.2 Å². The molecule has 0 spiro atoms. The molecule has 0 aromatic carbocycles. The number of halogens is 2. The summed E-state index contributed by atoms with van der Waals surface area (Å²) in [5.41, 5.74) is 0.0742. The zero-order valence-corrected chi connectivity index (χ0v) is 7.73. The molecular weight excluding hydrogens is 215 g/mol. The predicted octanol–water partition coefficient (Wildman–Crippen LogP) is 1.12. The van der Waals surface area contributed by atoms with Crippen molar-refractivity contribution in [1.82, 2.24) is 20.2 Å². The van der Waals surface area contributed by atoms with Crippen LogP contribution in [0.1, 0.15) is 10.7 Å². The van der Waals surface area contributed by atoms with Gasteiger partial charge in [-0.2, -0.15) is 5.10 Å². The summed E-state index contributed by atoms with van der Waals surface area (Å²) in [4.78, 5) is 16.8. The Morgan fingerprint density at radius 3 is 2.92 bits per heavy atom. The lowest BCUT2D eigenvalue weighted by atomic mass is 10.4. The molecule has 2 aromatic rings. The minimum absolute atomic E-state index is 0.213. The first-order valence-corrected chi connectivity index (χ1v) is 4.27. The lowest BCUT2D eigenvalue weighted by Crippen LogP contribution is -2.10. The topological polar surface area (TPSA) is 74.4 Å². The monoisotopic (exact) mass is 218 g/mol. The van der Waals surface area contributed by atoms with Gasteiger partial charge >= 0.3 is 0 Å². The SMILES string of the molecule is O=c1[nH]c(C(Cl)Cl)nc2[nH]ncc12. The molecule has 0 saturated heterocycles. The van der Waals surface area contributed by atoms with Crippen LogP contribution < -0.4 is 5.56 Å². The Labute approximate surface area is 82.1 Å². The van der Waals surface area contributed by atoms with E-state index in [1.165, 1.54) is 6.20 Å². The lowest BCUT2D eigenvalue weighted by molar-refractivity contribution is 0.999. The van der Waals surface area contributed by atoms with Crippen molar-refractivity contribution in [2.45, 2.75) is 4.84 Å². The molecule has 13 heavy (non-hydrogen) atoms. The number of aromatic nitrogens is 4. The standard InChI is InChI=1S/C6H4Cl2N4O/c7-3(8)5-10-4-2(1-9-12-4)6(13)11-5/h1,3H,(H2,9,10,11,12,13). The molecule has 0 radical (unpaired) electrons. The van der Waals surface area contributed by atoms with Crippen molar-refractivity contribution in [3.8, 4) is 0 Å². The molecule has 2 rings (SSSR count). The van der Waals surface area contributed by atoms with Crippen LogP contribution in [0.5, 0.6) is 0 Å². The minimum Gasteiger partial charge on any atom is -0.308 e. The molecule has 2 N–H and O–H groups in total. The fourth-order valence-electron chi connectivity index (χ4n) is 0.966. The third-order valence-corrected chi connectivity index (χ3v) is 1.96. The van der Waals surface area contributed by atoms with Gasteiger partial charge in [-0.25, -0.2) is 4.98 Å². The molecule has 0 saturated carbocycles. The fraction of sp³-hybridized carbons (Fsp3) is 0.167. The Balaban J connectivity index is 2.77. The van der Waals surface area contributed by atoms with Crippen molar-refractivity contribution in [3.05, 3.63) is 22.4 Å².